The van der Waals surface area contributed by atoms with Gasteiger partial charge in [0.2, 0.25) is 0 Å². The van der Waals surface area contributed by atoms with Gasteiger partial charge in [0, 0.05) is 1.37 Å². The minimum atomic E-state index is 0.982. The average molecular weight is 170 g/mol. The molecule has 0 heterocycles. The van der Waals surface area contributed by atoms with E-state index in [1.807, 2.05) is 0 Å². The Morgan fingerprint density at radius 1 is 0.833 bits per heavy atom. The molecule has 1 radical (unpaired) electrons. The summed E-state index contributed by atoms with van der Waals surface area (Å²) >= 11 is 0. The van der Waals surface area contributed by atoms with E-state index in [-0.39, 0.29) is 0 Å². The van der Waals surface area contributed by atoms with Crippen molar-refractivity contribution >= 4 is 0 Å². The zero-order valence-corrected chi connectivity index (χ0v) is 8.65. The van der Waals surface area contributed by atoms with Crippen molar-refractivity contribution in [2.24, 2.45) is 0 Å². The lowest BCUT2D eigenvalue weighted by molar-refractivity contribution is 0.566. The predicted molar refractivity (Wildman–Crippen MR) is 57.2 cm³/mol. The lowest BCUT2D eigenvalue weighted by atomic mass is 10.1. The number of hydrogen-bond donors (Lipinski definition) is 0. The summed E-state index contributed by atoms with van der Waals surface area (Å²) in [5.74, 6) is 0. The highest BCUT2D eigenvalue weighted by molar-refractivity contribution is 4.47. The van der Waals surface area contributed by atoms with Crippen LogP contribution in [0.4, 0.5) is 0 Å². The molecule has 0 bridgehead atoms. The van der Waals surface area contributed by atoms with E-state index >= 15 is 0 Å². The van der Waals surface area contributed by atoms with Crippen LogP contribution < -0.4 is 0 Å². The number of unbranched alkanes of at least 4 members (excludes halogenated alkanes) is 9. The van der Waals surface area contributed by atoms with Gasteiger partial charge in [-0.05, 0) is 0 Å². The van der Waals surface area contributed by atoms with E-state index in [9.17, 15) is 0 Å². The predicted octanol–water partition coefficient (Wildman–Crippen LogP) is 4.74. The van der Waals surface area contributed by atoms with Gasteiger partial charge in [0.15, 0.2) is 0 Å². The van der Waals surface area contributed by atoms with E-state index in [4.69, 9.17) is 1.37 Å². The first-order valence-electron chi connectivity index (χ1n) is 6.19. The van der Waals surface area contributed by atoms with Gasteiger partial charge in [0.05, 0.1) is 0 Å². The third kappa shape index (κ3) is 10.0. The molecule has 0 aliphatic rings. The Morgan fingerprint density at radius 3 is 1.83 bits per heavy atom. The Kier molecular flexibility index (Phi) is 9.24. The van der Waals surface area contributed by atoms with Gasteiger partial charge in [-0.3, -0.25) is 0 Å². The van der Waals surface area contributed by atoms with E-state index in [1.54, 1.807) is 0 Å². The molecule has 0 amide bonds. The van der Waals surface area contributed by atoms with Crippen LogP contribution >= 0.6 is 0 Å². The zero-order valence-electron chi connectivity index (χ0n) is 9.65. The Labute approximate surface area is 80.2 Å². The van der Waals surface area contributed by atoms with E-state index in [2.05, 4.69) is 6.92 Å². The summed E-state index contributed by atoms with van der Waals surface area (Å²) in [6.45, 7) is 3.79. The lowest BCUT2D eigenvalue weighted by Crippen LogP contribution is -1.80. The Hall–Kier alpha value is 0. The number of rotatable bonds is 10. The van der Waals surface area contributed by atoms with E-state index in [0.717, 1.165) is 6.42 Å². The fourth-order valence-electron chi connectivity index (χ4n) is 1.45. The van der Waals surface area contributed by atoms with Crippen LogP contribution in [0.2, 0.25) is 0 Å². The Bertz CT molecular complexity index is 71.2. The van der Waals surface area contributed by atoms with Crippen LogP contribution in [0.1, 0.15) is 72.5 Å². The normalized spacial score (nSPS) is 11.6. The smallest absolute Gasteiger partial charge is 0.0267 e. The van der Waals surface area contributed by atoms with Crippen LogP contribution in [0.15, 0.2) is 0 Å². The van der Waals surface area contributed by atoms with Crippen molar-refractivity contribution in [2.45, 2.75) is 71.1 Å². The van der Waals surface area contributed by atoms with Crippen molar-refractivity contribution in [3.05, 3.63) is 6.90 Å². The van der Waals surface area contributed by atoms with Crippen LogP contribution in [0.3, 0.4) is 0 Å². The number of hydrogen-bond acceptors (Lipinski definition) is 0. The maximum Gasteiger partial charge on any atom is 0.0267 e. The van der Waals surface area contributed by atoms with Gasteiger partial charge in [0.25, 0.3) is 0 Å². The topological polar surface area (TPSA) is 0 Å². The van der Waals surface area contributed by atoms with Crippen molar-refractivity contribution in [1.29, 1.82) is 0 Å². The van der Waals surface area contributed by atoms with E-state index in [1.165, 1.54) is 64.7 Å². The molecule has 0 fully saturated rings. The fourth-order valence-corrected chi connectivity index (χ4v) is 1.45. The highest BCUT2D eigenvalue weighted by atomic mass is 14.0. The molecule has 0 aromatic heterocycles. The van der Waals surface area contributed by atoms with Crippen molar-refractivity contribution in [3.8, 4) is 0 Å². The molecule has 0 aliphatic heterocycles. The van der Waals surface area contributed by atoms with Gasteiger partial charge >= 0.3 is 0 Å². The van der Waals surface area contributed by atoms with Crippen LogP contribution in [-0.2, 0) is 0 Å². The van der Waals surface area contributed by atoms with Crippen LogP contribution in [0, 0.1) is 6.90 Å². The molecule has 0 nitrogen and oxygen atoms in total. The molecule has 0 saturated carbocycles. The second kappa shape index (κ2) is 11.0. The minimum absolute atomic E-state index is 0.982. The van der Waals surface area contributed by atoms with Gasteiger partial charge in [-0.1, -0.05) is 78.0 Å². The van der Waals surface area contributed by atoms with Gasteiger partial charge in [-0.25, -0.2) is 0 Å². The van der Waals surface area contributed by atoms with E-state index in [0.29, 0.717) is 0 Å². The molecule has 0 aromatic rings. The molecule has 0 spiro atoms. The van der Waals surface area contributed by atoms with E-state index < -0.39 is 0 Å². The monoisotopic (exact) mass is 170 g/mol. The van der Waals surface area contributed by atoms with Gasteiger partial charge in [-0.15, -0.1) is 0 Å². The summed E-state index contributed by atoms with van der Waals surface area (Å²) < 4.78 is 6.87. The molecule has 0 saturated heterocycles. The van der Waals surface area contributed by atoms with Gasteiger partial charge in [0.1, 0.15) is 0 Å². The maximum absolute atomic E-state index is 6.87. The largest absolute Gasteiger partial charge is 0.0654 e. The molecule has 0 heteroatoms. The third-order valence-corrected chi connectivity index (χ3v) is 2.31. The lowest BCUT2D eigenvalue weighted by Gasteiger charge is -1.99. The molecule has 0 rings (SSSR count). The van der Waals surface area contributed by atoms with Crippen molar-refractivity contribution in [3.63, 3.8) is 0 Å². The molecule has 0 aliphatic carbocycles. The summed E-state index contributed by atoms with van der Waals surface area (Å²) in [6, 6.07) is 0. The molecular formula is C12H25. The first kappa shape index (κ1) is 10.1. The van der Waals surface area contributed by atoms with Crippen molar-refractivity contribution < 1.29 is 1.37 Å². The first-order valence-corrected chi connectivity index (χ1v) is 5.62. The summed E-state index contributed by atoms with van der Waals surface area (Å²) in [7, 11) is 0. The SMILES string of the molecule is [2H][CH]CCCCCCCCCCC. The second-order valence-corrected chi connectivity index (χ2v) is 3.62. The van der Waals surface area contributed by atoms with Crippen LogP contribution in [0.5, 0.6) is 0 Å². The fraction of sp³-hybridized carbons (Fsp3) is 0.917. The molecule has 0 aromatic carbocycles. The van der Waals surface area contributed by atoms with Crippen molar-refractivity contribution in [2.75, 3.05) is 0 Å². The van der Waals surface area contributed by atoms with Crippen molar-refractivity contribution in [1.82, 2.24) is 0 Å². The summed E-state index contributed by atoms with van der Waals surface area (Å²) in [6.07, 6.45) is 13.3. The van der Waals surface area contributed by atoms with Gasteiger partial charge < -0.3 is 0 Å². The summed E-state index contributed by atoms with van der Waals surface area (Å²) in [4.78, 5) is 0. The molecule has 0 N–H and O–H groups in total. The summed E-state index contributed by atoms with van der Waals surface area (Å²) in [5.41, 5.74) is 0. The third-order valence-electron chi connectivity index (χ3n) is 2.31. The average Bonchev–Trinajstić information content (AvgIpc) is 2.16. The Balaban J connectivity index is 2.76. The van der Waals surface area contributed by atoms with Crippen LogP contribution in [0.25, 0.3) is 0 Å². The quantitative estimate of drug-likeness (QED) is 0.415. The summed E-state index contributed by atoms with van der Waals surface area (Å²) in [5, 5.41) is 0. The maximum atomic E-state index is 6.87. The highest BCUT2D eigenvalue weighted by Gasteiger charge is 1.90. The minimum Gasteiger partial charge on any atom is -0.0654 e. The first-order chi connectivity index (χ1) is 6.41. The second-order valence-electron chi connectivity index (χ2n) is 3.62. The zero-order chi connectivity index (χ0) is 9.78. The molecule has 0 atom stereocenters. The van der Waals surface area contributed by atoms with Gasteiger partial charge in [-0.2, -0.15) is 0 Å². The molecule has 73 valence electrons. The molecular weight excluding hydrogens is 144 g/mol. The standard InChI is InChI=1S/C12H25/c1-3-5-7-9-11-12-10-8-6-4-2/h1,3-12H2,2H3/i1D. The Morgan fingerprint density at radius 2 is 1.33 bits per heavy atom. The molecule has 0 unspecified atom stereocenters. The molecule has 12 heavy (non-hydrogen) atoms. The van der Waals surface area contributed by atoms with Crippen LogP contribution in [-0.4, -0.2) is 0 Å². The highest BCUT2D eigenvalue weighted by Crippen LogP contribution is 2.09.